The van der Waals surface area contributed by atoms with Crippen LogP contribution >= 0.6 is 0 Å². The summed E-state index contributed by atoms with van der Waals surface area (Å²) in [7, 11) is -0.489. The van der Waals surface area contributed by atoms with Gasteiger partial charge >= 0.3 is 0 Å². The summed E-state index contributed by atoms with van der Waals surface area (Å²) in [5.74, 6) is 0. The third-order valence-electron chi connectivity index (χ3n) is 4.06. The second kappa shape index (κ2) is 7.46. The summed E-state index contributed by atoms with van der Waals surface area (Å²) in [6.45, 7) is 0.709. The average Bonchev–Trinajstić information content (AvgIpc) is 3.11. The molecule has 2 aromatic rings. The normalized spacial score (nSPS) is 18.3. The van der Waals surface area contributed by atoms with Gasteiger partial charge in [-0.2, -0.15) is 13.5 Å². The van der Waals surface area contributed by atoms with E-state index in [2.05, 4.69) is 9.50 Å². The SMILES string of the molecule is CN(C)C=NS(=O)(=O)c1cc(N)ccc1-c1cnn(C2CCCCO2)c1. The predicted octanol–water partition coefficient (Wildman–Crippen LogP) is 2.11. The van der Waals surface area contributed by atoms with E-state index in [-0.39, 0.29) is 11.1 Å². The second-order valence-corrected chi connectivity index (χ2v) is 8.05. The monoisotopic (exact) mass is 377 g/mol. The summed E-state index contributed by atoms with van der Waals surface area (Å²) >= 11 is 0. The van der Waals surface area contributed by atoms with E-state index in [0.29, 0.717) is 23.4 Å². The van der Waals surface area contributed by atoms with Gasteiger partial charge in [-0.3, -0.25) is 0 Å². The van der Waals surface area contributed by atoms with Crippen molar-refractivity contribution in [1.29, 1.82) is 0 Å². The topological polar surface area (TPSA) is 103 Å². The van der Waals surface area contributed by atoms with Crippen molar-refractivity contribution in [3.63, 3.8) is 0 Å². The molecule has 9 heteroatoms. The first kappa shape index (κ1) is 18.4. The molecule has 0 spiro atoms. The molecule has 1 saturated heterocycles. The van der Waals surface area contributed by atoms with Crippen LogP contribution in [0.4, 0.5) is 5.69 Å². The van der Waals surface area contributed by atoms with Crippen molar-refractivity contribution in [2.75, 3.05) is 26.4 Å². The van der Waals surface area contributed by atoms with E-state index in [1.165, 1.54) is 12.4 Å². The lowest BCUT2D eigenvalue weighted by atomic mass is 10.1. The van der Waals surface area contributed by atoms with Crippen molar-refractivity contribution in [2.24, 2.45) is 4.40 Å². The molecule has 3 rings (SSSR count). The van der Waals surface area contributed by atoms with E-state index in [4.69, 9.17) is 10.5 Å². The van der Waals surface area contributed by atoms with E-state index < -0.39 is 10.0 Å². The highest BCUT2D eigenvalue weighted by atomic mass is 32.2. The van der Waals surface area contributed by atoms with E-state index in [0.717, 1.165) is 19.3 Å². The average molecular weight is 377 g/mol. The van der Waals surface area contributed by atoms with Crippen LogP contribution in [0.1, 0.15) is 25.5 Å². The molecule has 1 aliphatic heterocycles. The number of nitrogens with zero attached hydrogens (tertiary/aromatic N) is 4. The van der Waals surface area contributed by atoms with Gasteiger partial charge in [-0.15, -0.1) is 4.40 Å². The fourth-order valence-corrected chi connectivity index (χ4v) is 3.95. The lowest BCUT2D eigenvalue weighted by Gasteiger charge is -2.22. The summed E-state index contributed by atoms with van der Waals surface area (Å²) in [6.07, 6.45) is 7.60. The van der Waals surface area contributed by atoms with Gasteiger partial charge in [-0.1, -0.05) is 6.07 Å². The van der Waals surface area contributed by atoms with Crippen LogP contribution in [-0.4, -0.2) is 50.1 Å². The Labute approximate surface area is 153 Å². The number of nitrogen functional groups attached to an aromatic ring is 1. The number of hydrogen-bond acceptors (Lipinski definition) is 5. The van der Waals surface area contributed by atoms with Gasteiger partial charge < -0.3 is 15.4 Å². The number of sulfonamides is 1. The van der Waals surface area contributed by atoms with Gasteiger partial charge in [0.15, 0.2) is 0 Å². The summed E-state index contributed by atoms with van der Waals surface area (Å²) in [5, 5.41) is 4.35. The lowest BCUT2D eigenvalue weighted by molar-refractivity contribution is -0.0394. The van der Waals surface area contributed by atoms with Crippen LogP contribution in [0, 0.1) is 0 Å². The maximum atomic E-state index is 12.7. The Morgan fingerprint density at radius 1 is 1.38 bits per heavy atom. The van der Waals surface area contributed by atoms with Crippen molar-refractivity contribution < 1.29 is 13.2 Å². The van der Waals surface area contributed by atoms with Crippen molar-refractivity contribution >= 4 is 22.0 Å². The summed E-state index contributed by atoms with van der Waals surface area (Å²) < 4.78 is 36.5. The van der Waals surface area contributed by atoms with Gasteiger partial charge in [0.25, 0.3) is 10.0 Å². The molecule has 0 saturated carbocycles. The highest BCUT2D eigenvalue weighted by Gasteiger charge is 2.22. The number of nitrogens with two attached hydrogens (primary N) is 1. The lowest BCUT2D eigenvalue weighted by Crippen LogP contribution is -2.18. The van der Waals surface area contributed by atoms with Gasteiger partial charge in [0.1, 0.15) is 12.6 Å². The molecular weight excluding hydrogens is 354 g/mol. The molecular formula is C17H23N5O3S. The van der Waals surface area contributed by atoms with Crippen LogP contribution in [-0.2, 0) is 14.8 Å². The molecule has 0 amide bonds. The Hall–Kier alpha value is -2.39. The first-order chi connectivity index (χ1) is 12.4. The van der Waals surface area contributed by atoms with Crippen LogP contribution in [0.25, 0.3) is 11.1 Å². The molecule has 0 bridgehead atoms. The predicted molar refractivity (Wildman–Crippen MR) is 100 cm³/mol. The maximum Gasteiger partial charge on any atom is 0.284 e. The molecule has 2 N–H and O–H groups in total. The first-order valence-corrected chi connectivity index (χ1v) is 9.83. The number of anilines is 1. The molecule has 8 nitrogen and oxygen atoms in total. The summed E-state index contributed by atoms with van der Waals surface area (Å²) in [5.41, 5.74) is 7.36. The van der Waals surface area contributed by atoms with Gasteiger partial charge in [-0.25, -0.2) is 4.68 Å². The smallest absolute Gasteiger partial charge is 0.284 e. The number of hydrogen-bond donors (Lipinski definition) is 1. The fraction of sp³-hybridized carbons (Fsp3) is 0.412. The number of ether oxygens (including phenoxy) is 1. The van der Waals surface area contributed by atoms with Gasteiger partial charge in [0.2, 0.25) is 0 Å². The molecule has 26 heavy (non-hydrogen) atoms. The Bertz CT molecular complexity index is 899. The van der Waals surface area contributed by atoms with E-state index in [1.807, 2.05) is 0 Å². The highest BCUT2D eigenvalue weighted by molar-refractivity contribution is 7.90. The van der Waals surface area contributed by atoms with Crippen LogP contribution in [0.2, 0.25) is 0 Å². The van der Waals surface area contributed by atoms with Gasteiger partial charge in [0.05, 0.1) is 11.1 Å². The zero-order valence-corrected chi connectivity index (χ0v) is 15.7. The fourth-order valence-electron chi connectivity index (χ4n) is 2.77. The second-order valence-electron chi connectivity index (χ2n) is 6.45. The molecule has 0 radical (unpaired) electrons. The Morgan fingerprint density at radius 3 is 2.88 bits per heavy atom. The van der Waals surface area contributed by atoms with Crippen LogP contribution < -0.4 is 5.73 Å². The van der Waals surface area contributed by atoms with Gasteiger partial charge in [0, 0.05) is 43.7 Å². The third-order valence-corrected chi connectivity index (χ3v) is 5.33. The minimum atomic E-state index is -3.89. The van der Waals surface area contributed by atoms with E-state index >= 15 is 0 Å². The van der Waals surface area contributed by atoms with Crippen LogP contribution in [0.5, 0.6) is 0 Å². The Kier molecular flexibility index (Phi) is 5.28. The van der Waals surface area contributed by atoms with Gasteiger partial charge in [-0.05, 0) is 31.4 Å². The number of aromatic nitrogens is 2. The molecule has 1 aromatic heterocycles. The molecule has 1 fully saturated rings. The first-order valence-electron chi connectivity index (χ1n) is 8.39. The molecule has 140 valence electrons. The molecule has 1 aliphatic rings. The standard InChI is InChI=1S/C17H23N5O3S/c1-21(2)12-20-26(23,24)16-9-14(18)6-7-15(16)13-10-19-22(11-13)17-5-3-4-8-25-17/h6-7,9-12,17H,3-5,8,18H2,1-2H3. The molecule has 2 heterocycles. The zero-order valence-electron chi connectivity index (χ0n) is 14.9. The van der Waals surface area contributed by atoms with Crippen molar-refractivity contribution in [3.05, 3.63) is 30.6 Å². The molecule has 1 atom stereocenters. The summed E-state index contributed by atoms with van der Waals surface area (Å²) in [6, 6.07) is 4.76. The maximum absolute atomic E-state index is 12.7. The molecule has 1 unspecified atom stereocenters. The third kappa shape index (κ3) is 4.05. The highest BCUT2D eigenvalue weighted by Crippen LogP contribution is 2.31. The van der Waals surface area contributed by atoms with Crippen molar-refractivity contribution in [1.82, 2.24) is 14.7 Å². The summed E-state index contributed by atoms with van der Waals surface area (Å²) in [4.78, 5) is 1.61. The molecule has 1 aromatic carbocycles. The van der Waals surface area contributed by atoms with E-state index in [9.17, 15) is 8.42 Å². The van der Waals surface area contributed by atoms with E-state index in [1.54, 1.807) is 48.2 Å². The molecule has 0 aliphatic carbocycles. The van der Waals surface area contributed by atoms with Crippen molar-refractivity contribution in [2.45, 2.75) is 30.4 Å². The minimum absolute atomic E-state index is 0.0553. The largest absolute Gasteiger partial charge is 0.399 e. The van der Waals surface area contributed by atoms with Crippen LogP contribution in [0.3, 0.4) is 0 Å². The number of benzene rings is 1. The van der Waals surface area contributed by atoms with Crippen molar-refractivity contribution in [3.8, 4) is 11.1 Å². The number of rotatable bonds is 5. The Balaban J connectivity index is 2.00. The Morgan fingerprint density at radius 2 is 2.19 bits per heavy atom. The minimum Gasteiger partial charge on any atom is -0.399 e. The zero-order chi connectivity index (χ0) is 18.7. The van der Waals surface area contributed by atoms with Crippen LogP contribution in [0.15, 0.2) is 39.9 Å². The quantitative estimate of drug-likeness (QED) is 0.486.